The molecule has 5 nitrogen and oxygen atoms in total. The van der Waals surface area contributed by atoms with Crippen LogP contribution in [0.1, 0.15) is 57.6 Å². The van der Waals surface area contributed by atoms with Gasteiger partial charge in [-0.1, -0.05) is 61.0 Å². The molecule has 3 aromatic carbocycles. The van der Waals surface area contributed by atoms with Gasteiger partial charge in [-0.3, -0.25) is 9.10 Å². The molecule has 3 aromatic rings. The molecule has 0 aromatic heterocycles. The van der Waals surface area contributed by atoms with E-state index in [0.717, 1.165) is 28.7 Å². The van der Waals surface area contributed by atoms with Crippen molar-refractivity contribution in [2.75, 3.05) is 10.6 Å². The molecular weight excluding hydrogens is 432 g/mol. The summed E-state index contributed by atoms with van der Waals surface area (Å²) in [6.45, 7) is 8.12. The van der Waals surface area contributed by atoms with Crippen molar-refractivity contribution in [2.45, 2.75) is 46.7 Å². The van der Waals surface area contributed by atoms with Gasteiger partial charge in [0.05, 0.1) is 24.5 Å². The normalized spacial score (nSPS) is 12.3. The van der Waals surface area contributed by atoms with E-state index in [1.165, 1.54) is 16.1 Å². The highest BCUT2D eigenvalue weighted by Gasteiger charge is 2.20. The summed E-state index contributed by atoms with van der Waals surface area (Å²) in [6, 6.07) is 21.0. The molecule has 0 aliphatic carbocycles. The number of carbonyl (C=O) groups excluding carboxylic acids is 1. The fourth-order valence-corrected chi connectivity index (χ4v) is 4.70. The molecule has 0 fully saturated rings. The molecule has 0 aliphatic heterocycles. The Labute approximate surface area is 197 Å². The van der Waals surface area contributed by atoms with Crippen LogP contribution in [0, 0.1) is 20.8 Å². The molecule has 0 radical (unpaired) electrons. The lowest BCUT2D eigenvalue weighted by Gasteiger charge is -2.25. The van der Waals surface area contributed by atoms with E-state index >= 15 is 0 Å². The highest BCUT2D eigenvalue weighted by atomic mass is 32.2. The maximum Gasteiger partial charge on any atom is 0.251 e. The van der Waals surface area contributed by atoms with Crippen LogP contribution < -0.4 is 9.62 Å². The predicted molar refractivity (Wildman–Crippen MR) is 135 cm³/mol. The number of carbonyl (C=O) groups is 1. The zero-order valence-electron chi connectivity index (χ0n) is 19.9. The Hall–Kier alpha value is -3.12. The van der Waals surface area contributed by atoms with Gasteiger partial charge < -0.3 is 5.32 Å². The number of aryl methyl sites for hydroxylation is 3. The number of nitrogens with one attached hydrogen (secondary N) is 1. The van der Waals surface area contributed by atoms with Gasteiger partial charge in [0.25, 0.3) is 5.91 Å². The lowest BCUT2D eigenvalue weighted by atomic mass is 10.0. The summed E-state index contributed by atoms with van der Waals surface area (Å²) in [4.78, 5) is 12.8. The molecule has 33 heavy (non-hydrogen) atoms. The maximum atomic E-state index is 12.8. The fourth-order valence-electron chi connectivity index (χ4n) is 3.76. The molecule has 0 aliphatic rings. The minimum absolute atomic E-state index is 0.0669. The minimum atomic E-state index is -3.48. The van der Waals surface area contributed by atoms with Gasteiger partial charge in [0, 0.05) is 5.56 Å². The van der Waals surface area contributed by atoms with E-state index in [9.17, 15) is 13.2 Å². The second kappa shape index (κ2) is 10.2. The Balaban J connectivity index is 1.77. The number of rotatable bonds is 8. The average Bonchev–Trinajstić information content (AvgIpc) is 2.78. The molecule has 3 rings (SSSR count). The highest BCUT2D eigenvalue weighted by Crippen LogP contribution is 2.26. The molecule has 0 spiro atoms. The number of amides is 1. The van der Waals surface area contributed by atoms with Gasteiger partial charge in [-0.15, -0.1) is 0 Å². The predicted octanol–water partition coefficient (Wildman–Crippen LogP) is 5.46. The van der Waals surface area contributed by atoms with E-state index in [2.05, 4.69) is 5.32 Å². The van der Waals surface area contributed by atoms with Crippen molar-refractivity contribution in [3.8, 4) is 0 Å². The van der Waals surface area contributed by atoms with Crippen LogP contribution in [-0.4, -0.2) is 20.6 Å². The monoisotopic (exact) mass is 464 g/mol. The van der Waals surface area contributed by atoms with E-state index in [1.54, 1.807) is 12.1 Å². The maximum absolute atomic E-state index is 12.8. The largest absolute Gasteiger partial charge is 0.345 e. The molecule has 1 atom stereocenters. The lowest BCUT2D eigenvalue weighted by Crippen LogP contribution is -2.30. The Kier molecular flexibility index (Phi) is 7.59. The van der Waals surface area contributed by atoms with E-state index in [4.69, 9.17) is 0 Å². The van der Waals surface area contributed by atoms with E-state index in [-0.39, 0.29) is 18.5 Å². The number of benzene rings is 3. The van der Waals surface area contributed by atoms with Crippen LogP contribution in [0.4, 0.5) is 5.69 Å². The van der Waals surface area contributed by atoms with Gasteiger partial charge in [-0.05, 0) is 67.6 Å². The molecule has 6 heteroatoms. The van der Waals surface area contributed by atoms with Crippen LogP contribution in [0.2, 0.25) is 0 Å². The van der Waals surface area contributed by atoms with Crippen molar-refractivity contribution >= 4 is 21.6 Å². The van der Waals surface area contributed by atoms with Crippen molar-refractivity contribution in [3.05, 3.63) is 100 Å². The fraction of sp³-hybridized carbons (Fsp3) is 0.296. The van der Waals surface area contributed by atoms with Crippen molar-refractivity contribution in [1.82, 2.24) is 5.32 Å². The summed E-state index contributed by atoms with van der Waals surface area (Å²) in [7, 11) is -3.48. The van der Waals surface area contributed by atoms with Crippen molar-refractivity contribution < 1.29 is 13.2 Å². The first-order chi connectivity index (χ1) is 15.6. The lowest BCUT2D eigenvalue weighted by molar-refractivity contribution is 0.0935. The highest BCUT2D eigenvalue weighted by molar-refractivity contribution is 7.92. The Bertz CT molecular complexity index is 1220. The van der Waals surface area contributed by atoms with Gasteiger partial charge in [0.1, 0.15) is 0 Å². The SMILES string of the molecule is CCC(NC(=O)c1ccc(CN(c2cc(C)ccc2C)S(C)(=O)=O)cc1)c1ccc(C)cc1. The van der Waals surface area contributed by atoms with Crippen LogP contribution in [0.5, 0.6) is 0 Å². The Morgan fingerprint density at radius 2 is 1.52 bits per heavy atom. The third-order valence-electron chi connectivity index (χ3n) is 5.77. The molecule has 0 bridgehead atoms. The zero-order chi connectivity index (χ0) is 24.2. The molecule has 1 N–H and O–H groups in total. The summed E-state index contributed by atoms with van der Waals surface area (Å²) < 4.78 is 26.5. The van der Waals surface area contributed by atoms with Crippen LogP contribution >= 0.6 is 0 Å². The molecule has 1 amide bonds. The average molecular weight is 465 g/mol. The smallest absolute Gasteiger partial charge is 0.251 e. The van der Waals surface area contributed by atoms with Gasteiger partial charge in [-0.2, -0.15) is 0 Å². The summed E-state index contributed by atoms with van der Waals surface area (Å²) in [5, 5.41) is 3.10. The minimum Gasteiger partial charge on any atom is -0.345 e. The first-order valence-corrected chi connectivity index (χ1v) is 12.9. The van der Waals surface area contributed by atoms with Gasteiger partial charge in [-0.25, -0.2) is 8.42 Å². The van der Waals surface area contributed by atoms with Crippen molar-refractivity contribution in [3.63, 3.8) is 0 Å². The second-order valence-electron chi connectivity index (χ2n) is 8.60. The Morgan fingerprint density at radius 1 is 0.909 bits per heavy atom. The molecule has 0 saturated heterocycles. The molecule has 174 valence electrons. The van der Waals surface area contributed by atoms with Crippen molar-refractivity contribution in [2.24, 2.45) is 0 Å². The third-order valence-corrected chi connectivity index (χ3v) is 6.90. The Morgan fingerprint density at radius 3 is 2.09 bits per heavy atom. The van der Waals surface area contributed by atoms with E-state index in [1.807, 2.05) is 82.3 Å². The third kappa shape index (κ3) is 6.23. The van der Waals surface area contributed by atoms with Crippen molar-refractivity contribution in [1.29, 1.82) is 0 Å². The molecule has 0 heterocycles. The zero-order valence-corrected chi connectivity index (χ0v) is 20.7. The molecule has 1 unspecified atom stereocenters. The number of hydrogen-bond donors (Lipinski definition) is 1. The van der Waals surface area contributed by atoms with Crippen LogP contribution in [-0.2, 0) is 16.6 Å². The number of sulfonamides is 1. The molecule has 0 saturated carbocycles. The van der Waals surface area contributed by atoms with Gasteiger partial charge in [0.2, 0.25) is 10.0 Å². The molecular formula is C27H32N2O3S. The number of nitrogens with zero attached hydrogens (tertiary/aromatic N) is 1. The van der Waals surface area contributed by atoms with E-state index in [0.29, 0.717) is 11.3 Å². The topological polar surface area (TPSA) is 66.5 Å². The van der Waals surface area contributed by atoms with Gasteiger partial charge >= 0.3 is 0 Å². The second-order valence-corrected chi connectivity index (χ2v) is 10.5. The summed E-state index contributed by atoms with van der Waals surface area (Å²) >= 11 is 0. The van der Waals surface area contributed by atoms with Crippen LogP contribution in [0.3, 0.4) is 0 Å². The quantitative estimate of drug-likeness (QED) is 0.481. The summed E-state index contributed by atoms with van der Waals surface area (Å²) in [5.74, 6) is -0.150. The summed E-state index contributed by atoms with van der Waals surface area (Å²) in [5.41, 5.74) is 6.16. The van der Waals surface area contributed by atoms with Crippen LogP contribution in [0.15, 0.2) is 66.7 Å². The summed E-state index contributed by atoms with van der Waals surface area (Å²) in [6.07, 6.45) is 2.00. The number of hydrogen-bond acceptors (Lipinski definition) is 3. The number of anilines is 1. The van der Waals surface area contributed by atoms with Crippen LogP contribution in [0.25, 0.3) is 0 Å². The van der Waals surface area contributed by atoms with E-state index < -0.39 is 10.0 Å². The first-order valence-electron chi connectivity index (χ1n) is 11.1. The van der Waals surface area contributed by atoms with Gasteiger partial charge in [0.15, 0.2) is 0 Å². The first kappa shape index (κ1) is 24.5. The standard InChI is InChI=1S/C27H32N2O3S/c1-6-25(23-13-8-19(2)9-14-23)28-27(30)24-15-11-22(12-16-24)18-29(33(5,31)32)26-17-20(3)7-10-21(26)4/h7-17,25H,6,18H2,1-5H3,(H,28,30).